The Morgan fingerprint density at radius 1 is 1.07 bits per heavy atom. The first-order valence-electron chi connectivity index (χ1n) is 9.03. The van der Waals surface area contributed by atoms with Gasteiger partial charge in [0.1, 0.15) is 0 Å². The first-order chi connectivity index (χ1) is 13.2. The van der Waals surface area contributed by atoms with Gasteiger partial charge in [-0.3, -0.25) is 0 Å². The Morgan fingerprint density at radius 2 is 1.86 bits per heavy atom. The van der Waals surface area contributed by atoms with Gasteiger partial charge in [-0.1, -0.05) is 48.0 Å². The average molecular weight is 510 g/mol. The summed E-state index contributed by atoms with van der Waals surface area (Å²) in [6.45, 7) is 5.00. The Hall–Kier alpha value is -2.06. The molecule has 0 saturated heterocycles. The van der Waals surface area contributed by atoms with Crippen LogP contribution >= 0.6 is 35.6 Å². The van der Waals surface area contributed by atoms with Crippen molar-refractivity contribution in [2.75, 3.05) is 6.54 Å². The molecule has 0 fully saturated rings. The fourth-order valence-electron chi connectivity index (χ4n) is 2.72. The summed E-state index contributed by atoms with van der Waals surface area (Å²) in [5, 5.41) is 7.39. The summed E-state index contributed by atoms with van der Waals surface area (Å²) in [7, 11) is 0. The van der Waals surface area contributed by atoms with Crippen LogP contribution in [0.2, 0.25) is 5.02 Å². The predicted octanol–water partition coefficient (Wildman–Crippen LogP) is 4.46. The van der Waals surface area contributed by atoms with E-state index in [-0.39, 0.29) is 24.0 Å². The molecule has 2 aromatic carbocycles. The van der Waals surface area contributed by atoms with Crippen molar-refractivity contribution in [2.45, 2.75) is 26.6 Å². The molecule has 1 heterocycles. The Labute approximate surface area is 188 Å². The summed E-state index contributed by atoms with van der Waals surface area (Å²) in [4.78, 5) is 8.79. The molecule has 3 aromatic rings. The minimum absolute atomic E-state index is 0. The largest absolute Gasteiger partial charge is 0.357 e. The summed E-state index contributed by atoms with van der Waals surface area (Å²) < 4.78 is 2.06. The van der Waals surface area contributed by atoms with Crippen LogP contribution in [0, 0.1) is 0 Å². The molecule has 2 N–H and O–H groups in total. The lowest BCUT2D eigenvalue weighted by Gasteiger charge is -2.12. The van der Waals surface area contributed by atoms with Gasteiger partial charge in [0.25, 0.3) is 0 Å². The molecule has 0 aliphatic carbocycles. The molecule has 0 radical (unpaired) electrons. The smallest absolute Gasteiger partial charge is 0.191 e. The molecule has 0 bridgehead atoms. The second-order valence-corrected chi connectivity index (χ2v) is 6.67. The third-order valence-electron chi connectivity index (χ3n) is 4.05. The normalized spacial score (nSPS) is 11.0. The minimum Gasteiger partial charge on any atom is -0.357 e. The van der Waals surface area contributed by atoms with Gasteiger partial charge in [-0.05, 0) is 35.7 Å². The average Bonchev–Trinajstić information content (AvgIpc) is 3.18. The number of nitrogens with zero attached hydrogens (tertiary/aromatic N) is 3. The van der Waals surface area contributed by atoms with Crippen molar-refractivity contribution >= 4 is 41.5 Å². The number of rotatable bonds is 7. The molecule has 1 aromatic heterocycles. The van der Waals surface area contributed by atoms with Crippen molar-refractivity contribution in [1.29, 1.82) is 0 Å². The van der Waals surface area contributed by atoms with E-state index in [4.69, 9.17) is 16.6 Å². The lowest BCUT2D eigenvalue weighted by Crippen LogP contribution is -2.36. The van der Waals surface area contributed by atoms with Crippen LogP contribution in [0.15, 0.2) is 72.2 Å². The Kier molecular flexibility index (Phi) is 9.30. The van der Waals surface area contributed by atoms with Crippen LogP contribution in [0.4, 0.5) is 0 Å². The minimum atomic E-state index is 0. The summed E-state index contributed by atoms with van der Waals surface area (Å²) in [6.07, 6.45) is 5.59. The van der Waals surface area contributed by atoms with Gasteiger partial charge in [-0.25, -0.2) is 9.98 Å². The molecule has 0 saturated carbocycles. The Balaban J connectivity index is 0.00000280. The van der Waals surface area contributed by atoms with E-state index in [1.807, 2.05) is 36.8 Å². The molecule has 3 rings (SSSR count). The van der Waals surface area contributed by atoms with Gasteiger partial charge in [0, 0.05) is 37.1 Å². The topological polar surface area (TPSA) is 54.2 Å². The molecule has 7 heteroatoms. The number of aliphatic imine (C=N–C) groups is 1. The van der Waals surface area contributed by atoms with Crippen LogP contribution in [-0.4, -0.2) is 22.1 Å². The van der Waals surface area contributed by atoms with E-state index >= 15 is 0 Å². The van der Waals surface area contributed by atoms with E-state index in [2.05, 4.69) is 51.4 Å². The SMILES string of the molecule is CCNC(=NCc1cccc(Cn2ccnc2)c1)NCc1ccc(Cl)cc1.I. The first kappa shape index (κ1) is 22.2. The van der Waals surface area contributed by atoms with E-state index in [1.54, 1.807) is 6.20 Å². The number of hydrogen-bond acceptors (Lipinski definition) is 2. The van der Waals surface area contributed by atoms with Crippen molar-refractivity contribution in [2.24, 2.45) is 4.99 Å². The van der Waals surface area contributed by atoms with Crippen LogP contribution in [-0.2, 0) is 19.6 Å². The fourth-order valence-corrected chi connectivity index (χ4v) is 2.84. The third kappa shape index (κ3) is 7.16. The highest BCUT2D eigenvalue weighted by molar-refractivity contribution is 14.0. The van der Waals surface area contributed by atoms with Gasteiger partial charge < -0.3 is 15.2 Å². The van der Waals surface area contributed by atoms with Gasteiger partial charge in [-0.15, -0.1) is 24.0 Å². The van der Waals surface area contributed by atoms with Crippen LogP contribution in [0.1, 0.15) is 23.6 Å². The molecule has 0 unspecified atom stereocenters. The van der Waals surface area contributed by atoms with Gasteiger partial charge in [-0.2, -0.15) is 0 Å². The lowest BCUT2D eigenvalue weighted by atomic mass is 10.1. The molecule has 5 nitrogen and oxygen atoms in total. The monoisotopic (exact) mass is 509 g/mol. The number of aromatic nitrogens is 2. The molecular formula is C21H25ClIN5. The number of benzene rings is 2. The zero-order chi connectivity index (χ0) is 18.9. The lowest BCUT2D eigenvalue weighted by molar-refractivity contribution is 0.793. The van der Waals surface area contributed by atoms with Gasteiger partial charge >= 0.3 is 0 Å². The van der Waals surface area contributed by atoms with Gasteiger partial charge in [0.2, 0.25) is 0 Å². The van der Waals surface area contributed by atoms with Gasteiger partial charge in [0.05, 0.1) is 12.9 Å². The molecule has 0 atom stereocenters. The van der Waals surface area contributed by atoms with Crippen LogP contribution in [0.25, 0.3) is 0 Å². The number of halogens is 2. The summed E-state index contributed by atoms with van der Waals surface area (Å²) >= 11 is 5.94. The maximum Gasteiger partial charge on any atom is 0.191 e. The second kappa shape index (κ2) is 11.7. The summed E-state index contributed by atoms with van der Waals surface area (Å²) in [5.74, 6) is 0.799. The van der Waals surface area contributed by atoms with Gasteiger partial charge in [0.15, 0.2) is 5.96 Å². The van der Waals surface area contributed by atoms with Crippen LogP contribution in [0.5, 0.6) is 0 Å². The molecular weight excluding hydrogens is 485 g/mol. The van der Waals surface area contributed by atoms with Crippen molar-refractivity contribution in [3.63, 3.8) is 0 Å². The zero-order valence-corrected chi connectivity index (χ0v) is 18.9. The maximum absolute atomic E-state index is 5.94. The molecule has 0 aliphatic heterocycles. The quantitative estimate of drug-likeness (QED) is 0.281. The number of imidazole rings is 1. The predicted molar refractivity (Wildman–Crippen MR) is 126 cm³/mol. The third-order valence-corrected chi connectivity index (χ3v) is 4.30. The molecule has 148 valence electrons. The number of hydrogen-bond donors (Lipinski definition) is 2. The zero-order valence-electron chi connectivity index (χ0n) is 15.8. The van der Waals surface area contributed by atoms with Crippen molar-refractivity contribution in [3.8, 4) is 0 Å². The molecule has 0 aliphatic rings. The Morgan fingerprint density at radius 3 is 2.57 bits per heavy atom. The second-order valence-electron chi connectivity index (χ2n) is 6.23. The van der Waals surface area contributed by atoms with E-state index in [0.29, 0.717) is 13.1 Å². The maximum atomic E-state index is 5.94. The van der Waals surface area contributed by atoms with E-state index in [0.717, 1.165) is 29.6 Å². The number of guanidine groups is 1. The Bertz CT molecular complexity index is 863. The van der Waals surface area contributed by atoms with Crippen LogP contribution < -0.4 is 10.6 Å². The van der Waals surface area contributed by atoms with Crippen molar-refractivity contribution in [1.82, 2.24) is 20.2 Å². The molecule has 0 spiro atoms. The van der Waals surface area contributed by atoms with Crippen LogP contribution in [0.3, 0.4) is 0 Å². The fraction of sp³-hybridized carbons (Fsp3) is 0.238. The molecule has 0 amide bonds. The highest BCUT2D eigenvalue weighted by Gasteiger charge is 2.01. The molecule has 28 heavy (non-hydrogen) atoms. The standard InChI is InChI=1S/C21H24ClN5.HI/c1-2-24-21(25-13-17-6-8-20(22)9-7-17)26-14-18-4-3-5-19(12-18)15-27-11-10-23-16-27;/h3-12,16H,2,13-15H2,1H3,(H2,24,25,26);1H. The highest BCUT2D eigenvalue weighted by Crippen LogP contribution is 2.10. The first-order valence-corrected chi connectivity index (χ1v) is 9.41. The van der Waals surface area contributed by atoms with Crippen molar-refractivity contribution in [3.05, 3.63) is 89.0 Å². The number of nitrogens with one attached hydrogen (secondary N) is 2. The summed E-state index contributed by atoms with van der Waals surface area (Å²) in [6, 6.07) is 16.3. The van der Waals surface area contributed by atoms with Crippen molar-refractivity contribution < 1.29 is 0 Å². The highest BCUT2D eigenvalue weighted by atomic mass is 127. The van der Waals surface area contributed by atoms with E-state index in [1.165, 1.54) is 11.1 Å². The van der Waals surface area contributed by atoms with E-state index in [9.17, 15) is 0 Å². The van der Waals surface area contributed by atoms with E-state index < -0.39 is 0 Å². The summed E-state index contributed by atoms with van der Waals surface area (Å²) in [5.41, 5.74) is 3.57.